The van der Waals surface area contributed by atoms with E-state index < -0.39 is 0 Å². The molecule has 6 aromatic rings. The van der Waals surface area contributed by atoms with E-state index in [1.165, 1.54) is 44.2 Å². The number of hydrogen-bond acceptors (Lipinski definition) is 1. The maximum absolute atomic E-state index is 3.52. The monoisotopic (exact) mass is 452 g/mol. The molecule has 2 nitrogen and oxygen atoms in total. The van der Waals surface area contributed by atoms with Crippen molar-refractivity contribution in [1.29, 1.82) is 0 Å². The third kappa shape index (κ3) is 4.08. The highest BCUT2D eigenvalue weighted by atomic mass is 15.1. The number of rotatable bonds is 6. The smallest absolute Gasteiger partial charge is 0.0465 e. The zero-order valence-electron chi connectivity index (χ0n) is 19.9. The van der Waals surface area contributed by atoms with Crippen molar-refractivity contribution in [3.8, 4) is 11.1 Å². The van der Waals surface area contributed by atoms with Gasteiger partial charge in [0.15, 0.2) is 0 Å². The molecule has 0 bridgehead atoms. The first-order valence-electron chi connectivity index (χ1n) is 12.4. The zero-order valence-corrected chi connectivity index (χ0v) is 19.9. The largest absolute Gasteiger partial charge is 0.355 e. The van der Waals surface area contributed by atoms with Crippen molar-refractivity contribution in [2.75, 3.05) is 4.90 Å². The maximum atomic E-state index is 3.52. The van der Waals surface area contributed by atoms with E-state index in [0.29, 0.717) is 0 Å². The standard InChI is InChI=1S/C33H28N2/c1-2-8-24-13-18-28(19-14-24)35(27-9-4-3-5-10-27)29-20-15-25(16-21-29)26-17-22-33-31(23-26)30-11-6-7-12-32(30)34-33/h3-7,9-23,34H,2,8H2,1H3. The van der Waals surface area contributed by atoms with Gasteiger partial charge in [0.25, 0.3) is 0 Å². The minimum absolute atomic E-state index is 1.11. The predicted molar refractivity (Wildman–Crippen MR) is 150 cm³/mol. The summed E-state index contributed by atoms with van der Waals surface area (Å²) in [5, 5.41) is 2.53. The molecule has 1 N–H and O–H groups in total. The molecular weight excluding hydrogens is 424 g/mol. The van der Waals surface area contributed by atoms with E-state index in [1.807, 2.05) is 0 Å². The number of aromatic amines is 1. The van der Waals surface area contributed by atoms with Crippen LogP contribution in [0.25, 0.3) is 32.9 Å². The highest BCUT2D eigenvalue weighted by Gasteiger charge is 2.13. The lowest BCUT2D eigenvalue weighted by atomic mass is 10.0. The van der Waals surface area contributed by atoms with Crippen LogP contribution in [0.4, 0.5) is 17.1 Å². The van der Waals surface area contributed by atoms with Gasteiger partial charge in [0.2, 0.25) is 0 Å². The third-order valence-corrected chi connectivity index (χ3v) is 6.71. The van der Waals surface area contributed by atoms with Gasteiger partial charge in [0, 0.05) is 38.9 Å². The molecule has 5 aromatic carbocycles. The number of H-pyrrole nitrogens is 1. The number of aromatic nitrogens is 1. The fraction of sp³-hybridized carbons (Fsp3) is 0.0909. The number of para-hydroxylation sites is 2. The summed E-state index contributed by atoms with van der Waals surface area (Å²) in [5.41, 5.74) is 9.65. The molecule has 0 unspecified atom stereocenters. The molecule has 0 saturated carbocycles. The minimum Gasteiger partial charge on any atom is -0.355 e. The van der Waals surface area contributed by atoms with Gasteiger partial charge in [-0.1, -0.05) is 80.1 Å². The first-order chi connectivity index (χ1) is 17.3. The van der Waals surface area contributed by atoms with Gasteiger partial charge >= 0.3 is 0 Å². The lowest BCUT2D eigenvalue weighted by Crippen LogP contribution is -2.09. The number of nitrogens with one attached hydrogen (secondary N) is 1. The van der Waals surface area contributed by atoms with Crippen LogP contribution in [0.3, 0.4) is 0 Å². The second-order valence-corrected chi connectivity index (χ2v) is 9.07. The summed E-state index contributed by atoms with van der Waals surface area (Å²) in [6.07, 6.45) is 2.27. The average molecular weight is 453 g/mol. The van der Waals surface area contributed by atoms with E-state index in [9.17, 15) is 0 Å². The van der Waals surface area contributed by atoms with Crippen molar-refractivity contribution in [3.63, 3.8) is 0 Å². The number of nitrogens with zero attached hydrogens (tertiary/aromatic N) is 1. The van der Waals surface area contributed by atoms with Crippen molar-refractivity contribution >= 4 is 38.9 Å². The Balaban J connectivity index is 1.38. The predicted octanol–water partition coefficient (Wildman–Crippen LogP) is 9.41. The van der Waals surface area contributed by atoms with E-state index in [1.54, 1.807) is 0 Å². The lowest BCUT2D eigenvalue weighted by molar-refractivity contribution is 0.922. The van der Waals surface area contributed by atoms with Crippen molar-refractivity contribution in [2.24, 2.45) is 0 Å². The van der Waals surface area contributed by atoms with Gasteiger partial charge in [-0.15, -0.1) is 0 Å². The van der Waals surface area contributed by atoms with Crippen LogP contribution in [0, 0.1) is 0 Å². The van der Waals surface area contributed by atoms with Crippen molar-refractivity contribution in [3.05, 3.63) is 127 Å². The molecule has 0 radical (unpaired) electrons. The molecule has 0 aliphatic rings. The third-order valence-electron chi connectivity index (χ3n) is 6.71. The molecule has 1 aromatic heterocycles. The van der Waals surface area contributed by atoms with Crippen molar-refractivity contribution in [2.45, 2.75) is 19.8 Å². The fourth-order valence-corrected chi connectivity index (χ4v) is 4.96. The number of anilines is 3. The van der Waals surface area contributed by atoms with Crippen LogP contribution in [0.15, 0.2) is 121 Å². The van der Waals surface area contributed by atoms with E-state index >= 15 is 0 Å². The second kappa shape index (κ2) is 9.15. The van der Waals surface area contributed by atoms with E-state index in [2.05, 4.69) is 138 Å². The second-order valence-electron chi connectivity index (χ2n) is 9.07. The van der Waals surface area contributed by atoms with Gasteiger partial charge in [-0.25, -0.2) is 0 Å². The molecule has 170 valence electrons. The van der Waals surface area contributed by atoms with Gasteiger partial charge in [0.1, 0.15) is 0 Å². The molecule has 0 saturated heterocycles. The van der Waals surface area contributed by atoms with Gasteiger partial charge in [0.05, 0.1) is 0 Å². The van der Waals surface area contributed by atoms with Crippen LogP contribution in [-0.2, 0) is 6.42 Å². The number of fused-ring (bicyclic) bond motifs is 3. The van der Waals surface area contributed by atoms with Crippen LogP contribution < -0.4 is 4.90 Å². The average Bonchev–Trinajstić information content (AvgIpc) is 3.29. The highest BCUT2D eigenvalue weighted by molar-refractivity contribution is 6.08. The Labute approximate surface area is 206 Å². The minimum atomic E-state index is 1.11. The summed E-state index contributed by atoms with van der Waals surface area (Å²) in [6, 6.07) is 43.6. The Morgan fingerprint density at radius 3 is 1.89 bits per heavy atom. The lowest BCUT2D eigenvalue weighted by Gasteiger charge is -2.26. The summed E-state index contributed by atoms with van der Waals surface area (Å²) in [5.74, 6) is 0. The van der Waals surface area contributed by atoms with Gasteiger partial charge in [-0.2, -0.15) is 0 Å². The molecule has 6 rings (SSSR count). The molecule has 0 spiro atoms. The Morgan fingerprint density at radius 2 is 1.14 bits per heavy atom. The molecule has 0 aliphatic heterocycles. The first kappa shape index (κ1) is 21.2. The normalized spacial score (nSPS) is 11.2. The van der Waals surface area contributed by atoms with E-state index in [-0.39, 0.29) is 0 Å². The highest BCUT2D eigenvalue weighted by Crippen LogP contribution is 2.36. The Hall–Kier alpha value is -4.30. The first-order valence-corrected chi connectivity index (χ1v) is 12.4. The van der Waals surface area contributed by atoms with E-state index in [4.69, 9.17) is 0 Å². The molecule has 0 atom stereocenters. The summed E-state index contributed by atoms with van der Waals surface area (Å²) >= 11 is 0. The summed E-state index contributed by atoms with van der Waals surface area (Å²) < 4.78 is 0. The zero-order chi connectivity index (χ0) is 23.6. The van der Waals surface area contributed by atoms with Crippen LogP contribution in [-0.4, -0.2) is 4.98 Å². The molecular formula is C33H28N2. The van der Waals surface area contributed by atoms with Gasteiger partial charge < -0.3 is 9.88 Å². The molecule has 35 heavy (non-hydrogen) atoms. The summed E-state index contributed by atoms with van der Waals surface area (Å²) in [4.78, 5) is 5.84. The Kier molecular flexibility index (Phi) is 5.56. The maximum Gasteiger partial charge on any atom is 0.0465 e. The number of aryl methyl sites for hydroxylation is 1. The quantitative estimate of drug-likeness (QED) is 0.267. The van der Waals surface area contributed by atoms with E-state index in [0.717, 1.165) is 24.2 Å². The molecule has 1 heterocycles. The summed E-state index contributed by atoms with van der Waals surface area (Å²) in [7, 11) is 0. The Morgan fingerprint density at radius 1 is 0.543 bits per heavy atom. The molecule has 0 amide bonds. The van der Waals surface area contributed by atoms with Gasteiger partial charge in [-0.3, -0.25) is 0 Å². The van der Waals surface area contributed by atoms with Crippen molar-refractivity contribution in [1.82, 2.24) is 4.98 Å². The SMILES string of the molecule is CCCc1ccc(N(c2ccccc2)c2ccc(-c3ccc4[nH]c5ccccc5c4c3)cc2)cc1. The molecule has 2 heteroatoms. The Bertz CT molecular complexity index is 1580. The fourth-order valence-electron chi connectivity index (χ4n) is 4.96. The molecule has 0 aliphatic carbocycles. The van der Waals surface area contributed by atoms with Crippen LogP contribution in [0.5, 0.6) is 0 Å². The molecule has 0 fully saturated rings. The number of hydrogen-bond donors (Lipinski definition) is 1. The van der Waals surface area contributed by atoms with Crippen LogP contribution in [0.2, 0.25) is 0 Å². The van der Waals surface area contributed by atoms with Gasteiger partial charge in [-0.05, 0) is 77.7 Å². The topological polar surface area (TPSA) is 19.0 Å². The van der Waals surface area contributed by atoms with Crippen molar-refractivity contribution < 1.29 is 0 Å². The van der Waals surface area contributed by atoms with Crippen LogP contribution in [0.1, 0.15) is 18.9 Å². The van der Waals surface area contributed by atoms with Crippen LogP contribution >= 0.6 is 0 Å². The number of benzene rings is 5. The summed E-state index contributed by atoms with van der Waals surface area (Å²) in [6.45, 7) is 2.22.